The van der Waals surface area contributed by atoms with Crippen molar-refractivity contribution in [1.82, 2.24) is 4.57 Å². The Morgan fingerprint density at radius 3 is 2.52 bits per heavy atom. The molecule has 3 aromatic rings. The Bertz CT molecular complexity index is 1090. The van der Waals surface area contributed by atoms with Crippen LogP contribution in [0.5, 0.6) is 11.5 Å². The molecule has 1 aromatic heterocycles. The molecule has 0 bridgehead atoms. The van der Waals surface area contributed by atoms with E-state index in [9.17, 15) is 0 Å². The summed E-state index contributed by atoms with van der Waals surface area (Å²) in [4.78, 5) is 0. The van der Waals surface area contributed by atoms with E-state index < -0.39 is 0 Å². The Hall–Kier alpha value is -2.29. The Labute approximate surface area is 161 Å². The highest BCUT2D eigenvalue weighted by Crippen LogP contribution is 2.52. The van der Waals surface area contributed by atoms with E-state index in [1.807, 2.05) is 0 Å². The molecule has 0 radical (unpaired) electrons. The fourth-order valence-electron chi connectivity index (χ4n) is 4.87. The summed E-state index contributed by atoms with van der Waals surface area (Å²) >= 11 is 0. The number of fused-ring (bicyclic) bond motifs is 4. The molecule has 27 heavy (non-hydrogen) atoms. The molecule has 0 spiro atoms. The molecule has 5 rings (SSSR count). The van der Waals surface area contributed by atoms with Crippen molar-refractivity contribution in [3.05, 3.63) is 47.8 Å². The fraction of sp³-hybridized carbons (Fsp3) is 0.458. The van der Waals surface area contributed by atoms with Gasteiger partial charge in [0, 0.05) is 0 Å². The van der Waals surface area contributed by atoms with Gasteiger partial charge < -0.3 is 13.9 Å². The zero-order chi connectivity index (χ0) is 19.1. The monoisotopic (exact) mass is 360 g/mol. The van der Waals surface area contributed by atoms with E-state index >= 15 is 0 Å². The van der Waals surface area contributed by atoms with Gasteiger partial charge in [-0.1, -0.05) is 52.0 Å². The molecular formula is C24H28N2O. The van der Waals surface area contributed by atoms with Crippen molar-refractivity contribution < 1.29 is 9.30 Å². The van der Waals surface area contributed by atoms with Crippen LogP contribution in [-0.2, 0) is 10.8 Å². The van der Waals surface area contributed by atoms with Crippen LogP contribution in [0.4, 0.5) is 0 Å². The number of benzene rings is 2. The Morgan fingerprint density at radius 2 is 1.78 bits per heavy atom. The van der Waals surface area contributed by atoms with Gasteiger partial charge in [0.2, 0.25) is 6.33 Å². The molecule has 0 unspecified atom stereocenters. The molecule has 0 amide bonds. The van der Waals surface area contributed by atoms with Crippen LogP contribution >= 0.6 is 0 Å². The highest BCUT2D eigenvalue weighted by molar-refractivity contribution is 5.81. The van der Waals surface area contributed by atoms with E-state index in [1.165, 1.54) is 29.5 Å². The standard InChI is InChI=1S/C24H28N2O/c1-15(2)25-14-26-18-11-10-16-20(24(5,6)13-12-23(16,3)4)22(18)27-19-9-7-8-17(25)21(19)26/h7-11,15H,12-13H2,1-6H3. The number of ether oxygens (including phenoxy) is 1. The lowest BCUT2D eigenvalue weighted by atomic mass is 9.62. The molecule has 2 aliphatic rings. The lowest BCUT2D eigenvalue weighted by molar-refractivity contribution is -0.576. The van der Waals surface area contributed by atoms with Gasteiger partial charge in [0.15, 0.2) is 0 Å². The minimum absolute atomic E-state index is 0.1000. The summed E-state index contributed by atoms with van der Waals surface area (Å²) in [6, 6.07) is 11.2. The SMILES string of the molecule is CC(C)n1[c-][n+]2c3c(cccc31)Oc1c-2ccc2c1C(C)(C)CCC2(C)C. The van der Waals surface area contributed by atoms with Crippen LogP contribution in [0.1, 0.15) is 71.6 Å². The van der Waals surface area contributed by atoms with Gasteiger partial charge in [-0.05, 0) is 54.7 Å². The summed E-state index contributed by atoms with van der Waals surface area (Å²) in [5.41, 5.74) is 6.48. The number of rotatable bonds is 1. The van der Waals surface area contributed by atoms with Crippen LogP contribution in [0, 0.1) is 6.33 Å². The van der Waals surface area contributed by atoms with Crippen LogP contribution < -0.4 is 9.30 Å². The molecule has 0 N–H and O–H groups in total. The van der Waals surface area contributed by atoms with Crippen LogP contribution in [0.15, 0.2) is 30.3 Å². The second-order valence-corrected chi connectivity index (χ2v) is 9.73. The highest BCUT2D eigenvalue weighted by atomic mass is 16.5. The maximum Gasteiger partial charge on any atom is 0.244 e. The second kappa shape index (κ2) is 5.15. The smallest absolute Gasteiger partial charge is 0.244 e. The highest BCUT2D eigenvalue weighted by Gasteiger charge is 2.41. The van der Waals surface area contributed by atoms with Crippen LogP contribution in [-0.4, -0.2) is 4.57 Å². The summed E-state index contributed by atoms with van der Waals surface area (Å²) in [5.74, 6) is 1.95. The minimum Gasteiger partial charge on any atom is -0.469 e. The third-order valence-corrected chi connectivity index (χ3v) is 6.56. The fourth-order valence-corrected chi connectivity index (χ4v) is 4.87. The van der Waals surface area contributed by atoms with Crippen molar-refractivity contribution >= 4 is 11.0 Å². The van der Waals surface area contributed by atoms with Gasteiger partial charge >= 0.3 is 0 Å². The molecule has 2 aromatic carbocycles. The number of nitrogens with zero attached hydrogens (tertiary/aromatic N) is 2. The summed E-state index contributed by atoms with van der Waals surface area (Å²) in [7, 11) is 0. The molecule has 0 saturated heterocycles. The van der Waals surface area contributed by atoms with E-state index in [1.54, 1.807) is 0 Å². The molecule has 3 heteroatoms. The number of para-hydroxylation sites is 1. The summed E-state index contributed by atoms with van der Waals surface area (Å²) in [5, 5.41) is 0. The zero-order valence-electron chi connectivity index (χ0n) is 17.2. The van der Waals surface area contributed by atoms with Crippen molar-refractivity contribution in [2.45, 2.75) is 71.3 Å². The maximum atomic E-state index is 6.62. The Balaban J connectivity index is 1.87. The van der Waals surface area contributed by atoms with Crippen molar-refractivity contribution in [3.63, 3.8) is 0 Å². The van der Waals surface area contributed by atoms with Gasteiger partial charge in [-0.25, -0.2) is 0 Å². The average molecular weight is 361 g/mol. The number of hydrogen-bond donors (Lipinski definition) is 0. The van der Waals surface area contributed by atoms with E-state index in [0.717, 1.165) is 22.7 Å². The third-order valence-electron chi connectivity index (χ3n) is 6.56. The van der Waals surface area contributed by atoms with Gasteiger partial charge in [-0.15, -0.1) is 0 Å². The number of aromatic nitrogens is 2. The third kappa shape index (κ3) is 2.17. The lowest BCUT2D eigenvalue weighted by Crippen LogP contribution is -2.38. The number of imidazole rings is 1. The Morgan fingerprint density at radius 1 is 1.04 bits per heavy atom. The van der Waals surface area contributed by atoms with Crippen molar-refractivity contribution in [2.24, 2.45) is 0 Å². The first-order valence-electron chi connectivity index (χ1n) is 10.1. The van der Waals surface area contributed by atoms with Crippen LogP contribution in [0.25, 0.3) is 16.7 Å². The number of hydrogen-bond acceptors (Lipinski definition) is 1. The van der Waals surface area contributed by atoms with Crippen LogP contribution in [0.3, 0.4) is 0 Å². The first kappa shape index (κ1) is 16.9. The summed E-state index contributed by atoms with van der Waals surface area (Å²) < 4.78 is 11.0. The van der Waals surface area contributed by atoms with Gasteiger partial charge in [0.05, 0.1) is 22.8 Å². The van der Waals surface area contributed by atoms with Gasteiger partial charge in [0.25, 0.3) is 0 Å². The first-order valence-corrected chi connectivity index (χ1v) is 10.1. The van der Waals surface area contributed by atoms with E-state index in [-0.39, 0.29) is 10.8 Å². The van der Waals surface area contributed by atoms with Gasteiger partial charge in [-0.3, -0.25) is 0 Å². The van der Waals surface area contributed by atoms with E-state index in [0.29, 0.717) is 6.04 Å². The minimum atomic E-state index is 0.1000. The normalized spacial score (nSPS) is 18.9. The molecule has 0 fully saturated rings. The lowest BCUT2D eigenvalue weighted by Gasteiger charge is -2.43. The van der Waals surface area contributed by atoms with Gasteiger partial charge in [-0.2, -0.15) is 0 Å². The Kier molecular flexibility index (Phi) is 3.22. The van der Waals surface area contributed by atoms with Crippen molar-refractivity contribution in [3.8, 4) is 17.2 Å². The molecular weight excluding hydrogens is 332 g/mol. The zero-order valence-corrected chi connectivity index (χ0v) is 17.2. The topological polar surface area (TPSA) is 18.0 Å². The van der Waals surface area contributed by atoms with E-state index in [4.69, 9.17) is 4.74 Å². The summed E-state index contributed by atoms with van der Waals surface area (Å²) in [6.07, 6.45) is 5.97. The molecule has 1 aliphatic heterocycles. The van der Waals surface area contributed by atoms with Gasteiger partial charge in [0.1, 0.15) is 11.5 Å². The predicted molar refractivity (Wildman–Crippen MR) is 108 cm³/mol. The molecule has 1 aliphatic carbocycles. The van der Waals surface area contributed by atoms with Crippen LogP contribution in [0.2, 0.25) is 0 Å². The van der Waals surface area contributed by atoms with Crippen molar-refractivity contribution in [2.75, 3.05) is 0 Å². The quantitative estimate of drug-likeness (QED) is 0.312. The molecule has 2 heterocycles. The van der Waals surface area contributed by atoms with E-state index in [2.05, 4.69) is 87.3 Å². The van der Waals surface area contributed by atoms with Crippen molar-refractivity contribution in [1.29, 1.82) is 0 Å². The average Bonchev–Trinajstić information content (AvgIpc) is 3.00. The molecule has 0 saturated carbocycles. The largest absolute Gasteiger partial charge is 0.469 e. The molecule has 3 nitrogen and oxygen atoms in total. The summed E-state index contributed by atoms with van der Waals surface area (Å²) in [6.45, 7) is 13.8. The second-order valence-electron chi connectivity index (χ2n) is 9.73. The first-order chi connectivity index (χ1) is 12.7. The molecule has 140 valence electrons. The predicted octanol–water partition coefficient (Wildman–Crippen LogP) is 5.75. The maximum absolute atomic E-state index is 6.62. The molecule has 0 atom stereocenters.